The van der Waals surface area contributed by atoms with Crippen LogP contribution < -0.4 is 0 Å². The largest absolute Gasteiger partial charge is 0.396 e. The Morgan fingerprint density at radius 1 is 1.00 bits per heavy atom. The molecule has 0 aromatic heterocycles. The van der Waals surface area contributed by atoms with Crippen molar-refractivity contribution in [2.45, 2.75) is 117 Å². The second-order valence-electron chi connectivity index (χ2n) is 13.6. The van der Waals surface area contributed by atoms with Crippen molar-refractivity contribution in [1.82, 2.24) is 0 Å². The van der Waals surface area contributed by atoms with Crippen molar-refractivity contribution in [1.29, 1.82) is 0 Å². The van der Waals surface area contributed by atoms with Gasteiger partial charge in [-0.15, -0.1) is 0 Å². The van der Waals surface area contributed by atoms with Crippen LogP contribution in [-0.2, 0) is 15.9 Å². The Kier molecular flexibility index (Phi) is 10.1. The zero-order valence-corrected chi connectivity index (χ0v) is 25.8. The van der Waals surface area contributed by atoms with Crippen LogP contribution >= 0.6 is 0 Å². The summed E-state index contributed by atoms with van der Waals surface area (Å²) in [5.41, 5.74) is 6.13. The third-order valence-corrected chi connectivity index (χ3v) is 10.6. The molecular formula is C35H56O4. The molecule has 8 atom stereocenters. The average Bonchev–Trinajstić information content (AvgIpc) is 3.26. The second kappa shape index (κ2) is 12.8. The average molecular weight is 541 g/mol. The van der Waals surface area contributed by atoms with Gasteiger partial charge in [-0.25, -0.2) is 0 Å². The molecule has 220 valence electrons. The first-order valence-corrected chi connectivity index (χ1v) is 16.0. The molecule has 4 aliphatic carbocycles. The molecule has 0 aliphatic heterocycles. The summed E-state index contributed by atoms with van der Waals surface area (Å²) in [6.45, 7) is 13.9. The third kappa shape index (κ3) is 6.05. The van der Waals surface area contributed by atoms with E-state index in [0.29, 0.717) is 29.6 Å². The normalized spacial score (nSPS) is 36.5. The summed E-state index contributed by atoms with van der Waals surface area (Å²) in [6.07, 6.45) is 9.29. The lowest BCUT2D eigenvalue weighted by Crippen LogP contribution is -2.48. The quantitative estimate of drug-likeness (QED) is 0.262. The maximum absolute atomic E-state index is 11.2. The minimum absolute atomic E-state index is 0.00162. The smallest absolute Gasteiger partial charge is 0.168 e. The monoisotopic (exact) mass is 540 g/mol. The maximum Gasteiger partial charge on any atom is 0.168 e. The van der Waals surface area contributed by atoms with Crippen molar-refractivity contribution in [2.24, 2.45) is 35.0 Å². The predicted octanol–water partition coefficient (Wildman–Crippen LogP) is 7.67. The molecule has 4 heteroatoms. The Bertz CT molecular complexity index is 967. The summed E-state index contributed by atoms with van der Waals surface area (Å²) in [5.74, 6) is 2.44. The predicted molar refractivity (Wildman–Crippen MR) is 160 cm³/mol. The Hall–Kier alpha value is -1.20. The lowest BCUT2D eigenvalue weighted by atomic mass is 9.52. The molecule has 4 aliphatic rings. The van der Waals surface area contributed by atoms with E-state index >= 15 is 0 Å². The highest BCUT2D eigenvalue weighted by Crippen LogP contribution is 2.64. The van der Waals surface area contributed by atoms with Gasteiger partial charge >= 0.3 is 0 Å². The molecule has 0 amide bonds. The zero-order valence-electron chi connectivity index (χ0n) is 25.8. The highest BCUT2D eigenvalue weighted by Gasteiger charge is 2.57. The van der Waals surface area contributed by atoms with E-state index in [1.165, 1.54) is 24.0 Å². The van der Waals surface area contributed by atoms with E-state index in [0.717, 1.165) is 51.6 Å². The topological polar surface area (TPSA) is 58.9 Å². The Balaban J connectivity index is 0.00000172. The summed E-state index contributed by atoms with van der Waals surface area (Å²) in [4.78, 5) is 0. The van der Waals surface area contributed by atoms with Crippen molar-refractivity contribution >= 4 is 0 Å². The first-order valence-electron chi connectivity index (χ1n) is 16.0. The SMILES string of the molecule is CC.COC1(OCC(C)C)CCC2=C3C(c4ccc(CC(C)CO)cc4)CC4(C)C(O)CCC4C3CCC2C1. The minimum Gasteiger partial charge on any atom is -0.396 e. The van der Waals surface area contributed by atoms with Gasteiger partial charge in [0, 0.05) is 32.5 Å². The van der Waals surface area contributed by atoms with Crippen molar-refractivity contribution in [3.63, 3.8) is 0 Å². The molecule has 3 fully saturated rings. The Morgan fingerprint density at radius 3 is 2.36 bits per heavy atom. The van der Waals surface area contributed by atoms with Gasteiger partial charge in [-0.3, -0.25) is 0 Å². The van der Waals surface area contributed by atoms with Crippen LogP contribution in [0.3, 0.4) is 0 Å². The van der Waals surface area contributed by atoms with Crippen LogP contribution in [0.5, 0.6) is 0 Å². The van der Waals surface area contributed by atoms with Crippen LogP contribution in [0.1, 0.15) is 110 Å². The number of hydrogen-bond acceptors (Lipinski definition) is 4. The van der Waals surface area contributed by atoms with Crippen LogP contribution in [0.15, 0.2) is 35.4 Å². The molecule has 0 saturated heterocycles. The fourth-order valence-corrected chi connectivity index (χ4v) is 8.55. The molecule has 0 spiro atoms. The van der Waals surface area contributed by atoms with Gasteiger partial charge in [0.05, 0.1) is 12.7 Å². The first kappa shape index (κ1) is 30.8. The summed E-state index contributed by atoms with van der Waals surface area (Å²) < 4.78 is 12.5. The highest BCUT2D eigenvalue weighted by molar-refractivity contribution is 5.41. The standard InChI is InChI=1S/C33H50O4.C2H6/c1-21(2)20-37-33(36-5)15-14-26-25(17-33)10-11-27-29-12-13-30(35)32(29,4)18-28(31(26)27)24-8-6-23(7-9-24)16-22(3)19-34;1-2/h6-9,21-22,25,27-30,34-35H,10-20H2,1-5H3;1-2H3. The molecular weight excluding hydrogens is 484 g/mol. The minimum atomic E-state index is -0.445. The summed E-state index contributed by atoms with van der Waals surface area (Å²) in [6, 6.07) is 9.24. The number of ether oxygens (including phenoxy) is 2. The molecule has 39 heavy (non-hydrogen) atoms. The Morgan fingerprint density at radius 2 is 1.72 bits per heavy atom. The number of fused-ring (bicyclic) bond motifs is 4. The summed E-state index contributed by atoms with van der Waals surface area (Å²) in [5, 5.41) is 20.7. The molecule has 5 rings (SSSR count). The number of hydrogen-bond donors (Lipinski definition) is 2. The van der Waals surface area contributed by atoms with Crippen molar-refractivity contribution < 1.29 is 19.7 Å². The molecule has 1 aromatic carbocycles. The molecule has 4 nitrogen and oxygen atoms in total. The van der Waals surface area contributed by atoms with Crippen LogP contribution in [0.25, 0.3) is 0 Å². The fraction of sp³-hybridized carbons (Fsp3) is 0.771. The van der Waals surface area contributed by atoms with E-state index in [-0.39, 0.29) is 24.0 Å². The van der Waals surface area contributed by atoms with Crippen molar-refractivity contribution in [3.05, 3.63) is 46.5 Å². The van der Waals surface area contributed by atoms with Gasteiger partial charge < -0.3 is 19.7 Å². The Labute approximate surface area is 238 Å². The zero-order chi connectivity index (χ0) is 28.4. The number of methoxy groups -OCH3 is 1. The number of rotatable bonds is 8. The molecule has 0 heterocycles. The number of aliphatic hydroxyl groups is 2. The van der Waals surface area contributed by atoms with E-state index in [9.17, 15) is 10.2 Å². The van der Waals surface area contributed by atoms with Crippen LogP contribution in [0, 0.1) is 35.0 Å². The first-order chi connectivity index (χ1) is 18.7. The van der Waals surface area contributed by atoms with Gasteiger partial charge in [0.25, 0.3) is 0 Å². The van der Waals surface area contributed by atoms with E-state index < -0.39 is 5.79 Å². The van der Waals surface area contributed by atoms with Gasteiger partial charge in [0.15, 0.2) is 5.79 Å². The molecule has 2 N–H and O–H groups in total. The third-order valence-electron chi connectivity index (χ3n) is 10.6. The molecule has 0 radical (unpaired) electrons. The number of allylic oxidation sites excluding steroid dienone is 2. The molecule has 0 bridgehead atoms. The fourth-order valence-electron chi connectivity index (χ4n) is 8.55. The summed E-state index contributed by atoms with van der Waals surface area (Å²) >= 11 is 0. The van der Waals surface area contributed by atoms with Crippen LogP contribution in [0.4, 0.5) is 0 Å². The van der Waals surface area contributed by atoms with Crippen molar-refractivity contribution in [2.75, 3.05) is 20.3 Å². The maximum atomic E-state index is 11.2. The van der Waals surface area contributed by atoms with E-state index in [2.05, 4.69) is 52.0 Å². The molecule has 1 aromatic rings. The van der Waals surface area contributed by atoms with E-state index in [1.807, 2.05) is 21.0 Å². The van der Waals surface area contributed by atoms with E-state index in [1.54, 1.807) is 11.1 Å². The van der Waals surface area contributed by atoms with E-state index in [4.69, 9.17) is 9.47 Å². The lowest BCUT2D eigenvalue weighted by molar-refractivity contribution is -0.246. The number of benzene rings is 1. The van der Waals surface area contributed by atoms with Gasteiger partial charge in [0.2, 0.25) is 0 Å². The lowest BCUT2D eigenvalue weighted by Gasteiger charge is -2.54. The van der Waals surface area contributed by atoms with Crippen LogP contribution in [0.2, 0.25) is 0 Å². The van der Waals surface area contributed by atoms with Gasteiger partial charge in [-0.2, -0.15) is 0 Å². The number of aliphatic hydroxyl groups excluding tert-OH is 2. The molecule has 3 saturated carbocycles. The summed E-state index contributed by atoms with van der Waals surface area (Å²) in [7, 11) is 1.83. The van der Waals surface area contributed by atoms with Gasteiger partial charge in [-0.1, -0.05) is 77.0 Å². The van der Waals surface area contributed by atoms with Crippen molar-refractivity contribution in [3.8, 4) is 0 Å². The molecule has 8 unspecified atom stereocenters. The highest BCUT2D eigenvalue weighted by atomic mass is 16.7. The second-order valence-corrected chi connectivity index (χ2v) is 13.6. The van der Waals surface area contributed by atoms with Gasteiger partial charge in [0.1, 0.15) is 0 Å². The van der Waals surface area contributed by atoms with Crippen LogP contribution in [-0.4, -0.2) is 42.4 Å². The van der Waals surface area contributed by atoms with Gasteiger partial charge in [-0.05, 0) is 91.1 Å².